The van der Waals surface area contributed by atoms with Crippen LogP contribution in [0.5, 0.6) is 0 Å². The van der Waals surface area contributed by atoms with Gasteiger partial charge in [-0.1, -0.05) is 36.0 Å². The maximum absolute atomic E-state index is 13.8. The lowest BCUT2D eigenvalue weighted by molar-refractivity contribution is -0.138. The molecule has 0 bridgehead atoms. The third kappa shape index (κ3) is 6.36. The number of benzene rings is 2. The van der Waals surface area contributed by atoms with Crippen LogP contribution in [0.15, 0.2) is 65.9 Å². The highest BCUT2D eigenvalue weighted by Crippen LogP contribution is 2.41. The van der Waals surface area contributed by atoms with Crippen molar-refractivity contribution in [2.45, 2.75) is 37.6 Å². The zero-order valence-electron chi connectivity index (χ0n) is 26.3. The van der Waals surface area contributed by atoms with E-state index in [2.05, 4.69) is 39.7 Å². The highest BCUT2D eigenvalue weighted by Gasteiger charge is 2.40. The molecular weight excluding hydrogens is 630 g/mol. The first kappa shape index (κ1) is 31.7. The molecule has 3 aliphatic rings. The normalized spacial score (nSPS) is 18.8. The molecule has 12 nitrogen and oxygen atoms in total. The third-order valence-corrected chi connectivity index (χ3v) is 10.4. The van der Waals surface area contributed by atoms with Gasteiger partial charge in [0.1, 0.15) is 5.52 Å². The summed E-state index contributed by atoms with van der Waals surface area (Å²) in [5, 5.41) is 26.0. The molecule has 1 saturated heterocycles. The van der Waals surface area contributed by atoms with Crippen LogP contribution in [0.25, 0.3) is 22.0 Å². The minimum atomic E-state index is -0.910. The Morgan fingerprint density at radius 1 is 1.02 bits per heavy atom. The molecule has 2 atom stereocenters. The number of nitrogens with zero attached hydrogens (tertiary/aromatic N) is 5. The van der Waals surface area contributed by atoms with Gasteiger partial charge < -0.3 is 25.7 Å². The van der Waals surface area contributed by atoms with E-state index in [-0.39, 0.29) is 30.3 Å². The Balaban J connectivity index is 1.10. The second-order valence-electron chi connectivity index (χ2n) is 12.3. The van der Waals surface area contributed by atoms with Crippen molar-refractivity contribution >= 4 is 62.7 Å². The SMILES string of the molecule is Cc1c(Nc2nccc3cc(CNCC(=O)O)cnc23)cccc1-c1cccc2c1CCN2C(=O)C1=NC2CCN(CC(=O)O)CC2S1. The largest absolute Gasteiger partial charge is 0.480 e. The Kier molecular flexibility index (Phi) is 8.82. The van der Waals surface area contributed by atoms with Crippen LogP contribution in [0.3, 0.4) is 0 Å². The first-order valence-corrected chi connectivity index (χ1v) is 16.8. The van der Waals surface area contributed by atoms with Crippen LogP contribution in [0.1, 0.15) is 23.1 Å². The molecule has 5 heterocycles. The molecule has 13 heteroatoms. The van der Waals surface area contributed by atoms with E-state index < -0.39 is 11.9 Å². The van der Waals surface area contributed by atoms with E-state index in [4.69, 9.17) is 10.1 Å². The van der Waals surface area contributed by atoms with Crippen molar-refractivity contribution in [3.05, 3.63) is 77.6 Å². The molecule has 2 aromatic carbocycles. The van der Waals surface area contributed by atoms with Gasteiger partial charge >= 0.3 is 11.9 Å². The van der Waals surface area contributed by atoms with Gasteiger partial charge in [-0.15, -0.1) is 0 Å². The fourth-order valence-corrected chi connectivity index (χ4v) is 8.14. The van der Waals surface area contributed by atoms with Gasteiger partial charge in [-0.05, 0) is 71.8 Å². The van der Waals surface area contributed by atoms with Gasteiger partial charge in [0.2, 0.25) is 0 Å². The number of amides is 1. The van der Waals surface area contributed by atoms with E-state index >= 15 is 0 Å². The molecule has 0 saturated carbocycles. The van der Waals surface area contributed by atoms with Crippen molar-refractivity contribution in [3.63, 3.8) is 0 Å². The van der Waals surface area contributed by atoms with Crippen LogP contribution < -0.4 is 15.5 Å². The summed E-state index contributed by atoms with van der Waals surface area (Å²) >= 11 is 1.49. The number of hydrogen-bond donors (Lipinski definition) is 4. The number of rotatable bonds is 10. The molecule has 1 fully saturated rings. The molecule has 4 N–H and O–H groups in total. The van der Waals surface area contributed by atoms with Crippen molar-refractivity contribution < 1.29 is 24.6 Å². The highest BCUT2D eigenvalue weighted by molar-refractivity contribution is 8.16. The number of hydrogen-bond acceptors (Lipinski definition) is 10. The number of carboxylic acid groups (broad SMARTS) is 2. The molecule has 7 rings (SSSR count). The summed E-state index contributed by atoms with van der Waals surface area (Å²) in [7, 11) is 0. The van der Waals surface area contributed by atoms with Crippen LogP contribution >= 0.6 is 11.8 Å². The summed E-state index contributed by atoms with van der Waals surface area (Å²) in [6, 6.07) is 16.1. The molecule has 0 radical (unpaired) electrons. The molecule has 48 heavy (non-hydrogen) atoms. The minimum Gasteiger partial charge on any atom is -0.480 e. The third-order valence-electron chi connectivity index (χ3n) is 9.11. The fourth-order valence-electron chi connectivity index (χ4n) is 6.81. The van der Waals surface area contributed by atoms with Crippen molar-refractivity contribution in [2.24, 2.45) is 4.99 Å². The lowest BCUT2D eigenvalue weighted by Gasteiger charge is -2.32. The highest BCUT2D eigenvalue weighted by atomic mass is 32.2. The van der Waals surface area contributed by atoms with E-state index in [0.717, 1.165) is 57.4 Å². The number of piperidine rings is 1. The zero-order chi connectivity index (χ0) is 33.4. The quantitative estimate of drug-likeness (QED) is 0.193. The van der Waals surface area contributed by atoms with Gasteiger partial charge in [0.05, 0.1) is 19.1 Å². The average Bonchev–Trinajstić information content (AvgIpc) is 3.70. The standard InChI is InChI=1S/C35H35N7O5S/c1-20-23(4-2-6-26(20)39-33-32-22(8-11-37-33)14-21(16-38-32)15-36-17-30(43)44)24-5-3-7-28-25(24)9-13-42(28)35(47)34-40-27-10-12-41(19-31(45)46)18-29(27)48-34/h2-8,11,14,16,27,29,36H,9-10,12-13,15,17-19H2,1H3,(H,37,39)(H,43,44)(H,45,46). The van der Waals surface area contributed by atoms with Crippen LogP contribution in [0.4, 0.5) is 17.2 Å². The lowest BCUT2D eigenvalue weighted by atomic mass is 9.93. The van der Waals surface area contributed by atoms with E-state index in [0.29, 0.717) is 42.6 Å². The van der Waals surface area contributed by atoms with Gasteiger partial charge in [-0.3, -0.25) is 29.3 Å². The second-order valence-corrected chi connectivity index (χ2v) is 13.5. The molecule has 3 aliphatic heterocycles. The van der Waals surface area contributed by atoms with Crippen LogP contribution in [-0.4, -0.2) is 92.0 Å². The predicted octanol–water partition coefficient (Wildman–Crippen LogP) is 4.08. The molecule has 1 amide bonds. The van der Waals surface area contributed by atoms with Gasteiger partial charge in [0.15, 0.2) is 10.9 Å². The summed E-state index contributed by atoms with van der Waals surface area (Å²) in [5.41, 5.74) is 7.66. The topological polar surface area (TPSA) is 160 Å². The minimum absolute atomic E-state index is 0.0111. The monoisotopic (exact) mass is 665 g/mol. The maximum Gasteiger partial charge on any atom is 0.317 e. The maximum atomic E-state index is 13.8. The number of anilines is 3. The number of aliphatic imine (C=N–C) groups is 1. The zero-order valence-corrected chi connectivity index (χ0v) is 27.2. The second kappa shape index (κ2) is 13.3. The fraction of sp³-hybridized carbons (Fsp3) is 0.314. The predicted molar refractivity (Wildman–Crippen MR) is 186 cm³/mol. The molecule has 2 aromatic heterocycles. The van der Waals surface area contributed by atoms with Crippen molar-refractivity contribution in [3.8, 4) is 11.1 Å². The molecule has 0 spiro atoms. The van der Waals surface area contributed by atoms with E-state index in [1.807, 2.05) is 46.2 Å². The first-order chi connectivity index (χ1) is 23.2. The lowest BCUT2D eigenvalue weighted by Crippen LogP contribution is -2.45. The number of aromatic nitrogens is 2. The summed E-state index contributed by atoms with van der Waals surface area (Å²) in [6.45, 7) is 4.21. The molecule has 2 unspecified atom stereocenters. The number of carbonyl (C=O) groups excluding carboxylic acids is 1. The summed E-state index contributed by atoms with van der Waals surface area (Å²) in [4.78, 5) is 53.7. The number of nitrogens with one attached hydrogen (secondary N) is 2. The number of thioether (sulfide) groups is 1. The Bertz CT molecular complexity index is 1970. The molecular formula is C35H35N7O5S. The summed E-state index contributed by atoms with van der Waals surface area (Å²) in [5.74, 6) is -1.21. The number of carboxylic acids is 2. The van der Waals surface area contributed by atoms with Crippen LogP contribution in [-0.2, 0) is 27.3 Å². The Morgan fingerprint density at radius 3 is 2.69 bits per heavy atom. The summed E-state index contributed by atoms with van der Waals surface area (Å²) < 4.78 is 0. The van der Waals surface area contributed by atoms with Gasteiger partial charge in [0.25, 0.3) is 5.91 Å². The van der Waals surface area contributed by atoms with E-state index in [9.17, 15) is 19.5 Å². The Morgan fingerprint density at radius 2 is 1.85 bits per heavy atom. The van der Waals surface area contributed by atoms with Crippen molar-refractivity contribution in [1.29, 1.82) is 0 Å². The van der Waals surface area contributed by atoms with Gasteiger partial charge in [0, 0.05) is 60.6 Å². The van der Waals surface area contributed by atoms with Crippen LogP contribution in [0.2, 0.25) is 0 Å². The van der Waals surface area contributed by atoms with E-state index in [1.54, 1.807) is 12.4 Å². The molecule has 4 aromatic rings. The number of carbonyl (C=O) groups is 3. The van der Waals surface area contributed by atoms with Gasteiger partial charge in [-0.25, -0.2) is 4.98 Å². The average molecular weight is 666 g/mol. The van der Waals surface area contributed by atoms with Crippen molar-refractivity contribution in [1.82, 2.24) is 20.2 Å². The molecule has 246 valence electrons. The summed E-state index contributed by atoms with van der Waals surface area (Å²) in [6.07, 6.45) is 4.93. The Labute approximate surface area is 281 Å². The molecule has 0 aliphatic carbocycles. The van der Waals surface area contributed by atoms with E-state index in [1.165, 1.54) is 11.8 Å². The number of aliphatic carboxylic acids is 2. The Hall–Kier alpha value is -4.85. The first-order valence-electron chi connectivity index (χ1n) is 15.9. The van der Waals surface area contributed by atoms with Crippen LogP contribution in [0, 0.1) is 6.92 Å². The number of pyridine rings is 2. The van der Waals surface area contributed by atoms with Crippen molar-refractivity contribution in [2.75, 3.05) is 42.9 Å². The smallest absolute Gasteiger partial charge is 0.317 e. The number of likely N-dealkylation sites (tertiary alicyclic amines) is 1. The number of fused-ring (bicyclic) bond motifs is 3. The van der Waals surface area contributed by atoms with Gasteiger partial charge in [-0.2, -0.15) is 0 Å².